The van der Waals surface area contributed by atoms with Gasteiger partial charge in [0.1, 0.15) is 0 Å². The van der Waals surface area contributed by atoms with Crippen LogP contribution in [-0.2, 0) is 6.18 Å². The zero-order valence-electron chi connectivity index (χ0n) is 12.7. The van der Waals surface area contributed by atoms with E-state index in [1.807, 2.05) is 31.2 Å². The SMILES string of the molecule is CC(/C=C/c1ccc(C(F)(F)F)cc1)CC(=O)c1ccccc1. The van der Waals surface area contributed by atoms with Crippen molar-refractivity contribution in [1.82, 2.24) is 0 Å². The van der Waals surface area contributed by atoms with E-state index < -0.39 is 11.7 Å². The minimum atomic E-state index is -4.32. The zero-order chi connectivity index (χ0) is 16.9. The van der Waals surface area contributed by atoms with Crippen LogP contribution >= 0.6 is 0 Å². The van der Waals surface area contributed by atoms with E-state index in [9.17, 15) is 18.0 Å². The Bertz CT molecular complexity index is 670. The summed E-state index contributed by atoms with van der Waals surface area (Å²) in [5, 5.41) is 0. The molecule has 0 heterocycles. The molecular formula is C19H17F3O. The molecule has 2 rings (SSSR count). The fraction of sp³-hybridized carbons (Fsp3) is 0.211. The van der Waals surface area contributed by atoms with Crippen molar-refractivity contribution in [2.45, 2.75) is 19.5 Å². The van der Waals surface area contributed by atoms with Crippen molar-refractivity contribution < 1.29 is 18.0 Å². The number of hydrogen-bond acceptors (Lipinski definition) is 1. The Morgan fingerprint density at radius 2 is 1.65 bits per heavy atom. The van der Waals surface area contributed by atoms with E-state index in [0.717, 1.165) is 12.1 Å². The summed E-state index contributed by atoms with van der Waals surface area (Å²) >= 11 is 0. The van der Waals surface area contributed by atoms with Gasteiger partial charge in [0.05, 0.1) is 5.56 Å². The van der Waals surface area contributed by atoms with Gasteiger partial charge in [0.25, 0.3) is 0 Å². The monoisotopic (exact) mass is 318 g/mol. The summed E-state index contributed by atoms with van der Waals surface area (Å²) in [6.07, 6.45) is -0.384. The van der Waals surface area contributed by atoms with Crippen LogP contribution in [-0.4, -0.2) is 5.78 Å². The van der Waals surface area contributed by atoms with E-state index in [0.29, 0.717) is 17.5 Å². The highest BCUT2D eigenvalue weighted by atomic mass is 19.4. The third kappa shape index (κ3) is 5.09. The average Bonchev–Trinajstić information content (AvgIpc) is 2.53. The zero-order valence-corrected chi connectivity index (χ0v) is 12.7. The molecule has 0 aliphatic carbocycles. The lowest BCUT2D eigenvalue weighted by Gasteiger charge is -2.07. The van der Waals surface area contributed by atoms with Crippen LogP contribution in [0.3, 0.4) is 0 Å². The fourth-order valence-corrected chi connectivity index (χ4v) is 2.16. The maximum atomic E-state index is 12.5. The van der Waals surface area contributed by atoms with Crippen LogP contribution in [0.25, 0.3) is 6.08 Å². The van der Waals surface area contributed by atoms with Crippen LogP contribution in [0, 0.1) is 5.92 Å². The van der Waals surface area contributed by atoms with E-state index in [1.54, 1.807) is 18.2 Å². The summed E-state index contributed by atoms with van der Waals surface area (Å²) < 4.78 is 37.4. The molecule has 0 fully saturated rings. The van der Waals surface area contributed by atoms with E-state index in [2.05, 4.69) is 0 Å². The molecule has 0 saturated heterocycles. The number of allylic oxidation sites excluding steroid dienone is 1. The minimum Gasteiger partial charge on any atom is -0.294 e. The van der Waals surface area contributed by atoms with Crippen LogP contribution in [0.15, 0.2) is 60.7 Å². The number of ketones is 1. The third-order valence-corrected chi connectivity index (χ3v) is 3.46. The highest BCUT2D eigenvalue weighted by Crippen LogP contribution is 2.29. The number of halogens is 3. The number of benzene rings is 2. The summed E-state index contributed by atoms with van der Waals surface area (Å²) in [6.45, 7) is 1.90. The summed E-state index contributed by atoms with van der Waals surface area (Å²) in [5.74, 6) is 0.0557. The fourth-order valence-electron chi connectivity index (χ4n) is 2.16. The van der Waals surface area contributed by atoms with Crippen molar-refractivity contribution in [2.75, 3.05) is 0 Å². The normalized spacial score (nSPS) is 13.2. The maximum absolute atomic E-state index is 12.5. The first-order valence-corrected chi connectivity index (χ1v) is 7.30. The number of Topliss-reactive ketones (excluding diaryl/α,β-unsaturated/α-hetero) is 1. The topological polar surface area (TPSA) is 17.1 Å². The Morgan fingerprint density at radius 3 is 2.22 bits per heavy atom. The van der Waals surface area contributed by atoms with Crippen molar-refractivity contribution in [2.24, 2.45) is 5.92 Å². The van der Waals surface area contributed by atoms with Crippen molar-refractivity contribution in [3.63, 3.8) is 0 Å². The smallest absolute Gasteiger partial charge is 0.294 e. The lowest BCUT2D eigenvalue weighted by atomic mass is 9.98. The minimum absolute atomic E-state index is 0.00463. The lowest BCUT2D eigenvalue weighted by molar-refractivity contribution is -0.137. The van der Waals surface area contributed by atoms with Crippen LogP contribution < -0.4 is 0 Å². The van der Waals surface area contributed by atoms with Crippen LogP contribution in [0.1, 0.15) is 34.8 Å². The van der Waals surface area contributed by atoms with Crippen molar-refractivity contribution >= 4 is 11.9 Å². The van der Waals surface area contributed by atoms with Gasteiger partial charge in [0.15, 0.2) is 5.78 Å². The van der Waals surface area contributed by atoms with Gasteiger partial charge in [-0.3, -0.25) is 4.79 Å². The lowest BCUT2D eigenvalue weighted by Crippen LogP contribution is -2.04. The van der Waals surface area contributed by atoms with Gasteiger partial charge in [-0.1, -0.05) is 61.5 Å². The number of carbonyl (C=O) groups excluding carboxylic acids is 1. The molecule has 120 valence electrons. The van der Waals surface area contributed by atoms with Gasteiger partial charge < -0.3 is 0 Å². The molecule has 1 unspecified atom stereocenters. The third-order valence-electron chi connectivity index (χ3n) is 3.46. The van der Waals surface area contributed by atoms with E-state index in [1.165, 1.54) is 12.1 Å². The molecule has 23 heavy (non-hydrogen) atoms. The molecule has 0 saturated carbocycles. The first kappa shape index (κ1) is 17.0. The summed E-state index contributed by atoms with van der Waals surface area (Å²) in [5.41, 5.74) is 0.682. The van der Waals surface area contributed by atoms with Gasteiger partial charge in [-0.05, 0) is 23.6 Å². The van der Waals surface area contributed by atoms with Gasteiger partial charge in [-0.2, -0.15) is 13.2 Å². The summed E-state index contributed by atoms with van der Waals surface area (Å²) in [6, 6.07) is 14.0. The highest BCUT2D eigenvalue weighted by molar-refractivity contribution is 5.96. The molecular weight excluding hydrogens is 301 g/mol. The van der Waals surface area contributed by atoms with Gasteiger partial charge in [-0.25, -0.2) is 0 Å². The van der Waals surface area contributed by atoms with Gasteiger partial charge in [-0.15, -0.1) is 0 Å². The molecule has 0 spiro atoms. The molecule has 0 aliphatic heterocycles. The highest BCUT2D eigenvalue weighted by Gasteiger charge is 2.29. The van der Waals surface area contributed by atoms with Crippen molar-refractivity contribution in [3.05, 3.63) is 77.4 Å². The quantitative estimate of drug-likeness (QED) is 0.653. The molecule has 0 aliphatic rings. The van der Waals surface area contributed by atoms with Crippen LogP contribution in [0.4, 0.5) is 13.2 Å². The number of hydrogen-bond donors (Lipinski definition) is 0. The largest absolute Gasteiger partial charge is 0.416 e. The molecule has 0 radical (unpaired) electrons. The average molecular weight is 318 g/mol. The van der Waals surface area contributed by atoms with Gasteiger partial charge >= 0.3 is 6.18 Å². The molecule has 0 amide bonds. The summed E-state index contributed by atoms with van der Waals surface area (Å²) in [7, 11) is 0. The second-order valence-corrected chi connectivity index (χ2v) is 5.45. The van der Waals surface area contributed by atoms with Gasteiger partial charge in [0, 0.05) is 12.0 Å². The predicted octanol–water partition coefficient (Wildman–Crippen LogP) is 5.63. The molecule has 0 N–H and O–H groups in total. The van der Waals surface area contributed by atoms with Gasteiger partial charge in [0.2, 0.25) is 0 Å². The summed E-state index contributed by atoms with van der Waals surface area (Å²) in [4.78, 5) is 12.1. The molecule has 2 aromatic carbocycles. The van der Waals surface area contributed by atoms with Crippen molar-refractivity contribution in [3.8, 4) is 0 Å². The Labute approximate surface area is 133 Å². The molecule has 4 heteroatoms. The molecule has 2 aromatic rings. The van der Waals surface area contributed by atoms with Crippen LogP contribution in [0.2, 0.25) is 0 Å². The Morgan fingerprint density at radius 1 is 1.04 bits per heavy atom. The van der Waals surface area contributed by atoms with E-state index >= 15 is 0 Å². The molecule has 0 bridgehead atoms. The first-order chi connectivity index (χ1) is 10.9. The Balaban J connectivity index is 1.96. The second-order valence-electron chi connectivity index (χ2n) is 5.45. The van der Waals surface area contributed by atoms with Crippen LogP contribution in [0.5, 0.6) is 0 Å². The molecule has 1 atom stereocenters. The predicted molar refractivity (Wildman–Crippen MR) is 85.0 cm³/mol. The van der Waals surface area contributed by atoms with Crippen molar-refractivity contribution in [1.29, 1.82) is 0 Å². The maximum Gasteiger partial charge on any atom is 0.416 e. The van der Waals surface area contributed by atoms with E-state index in [-0.39, 0.29) is 11.7 Å². The Kier molecular flexibility index (Phi) is 5.37. The standard InChI is InChI=1S/C19H17F3O/c1-14(13-18(23)16-5-3-2-4-6-16)7-8-15-9-11-17(12-10-15)19(20,21)22/h2-12,14H,13H2,1H3/b8-7+. The number of carbonyl (C=O) groups is 1. The molecule has 1 nitrogen and oxygen atoms in total. The number of rotatable bonds is 5. The number of alkyl halides is 3. The van der Waals surface area contributed by atoms with E-state index in [4.69, 9.17) is 0 Å². The second kappa shape index (κ2) is 7.27. The molecule has 0 aromatic heterocycles. The first-order valence-electron chi connectivity index (χ1n) is 7.30. The Hall–Kier alpha value is -2.36.